The van der Waals surface area contributed by atoms with Gasteiger partial charge in [0.1, 0.15) is 5.75 Å². The number of nitrogens with zero attached hydrogens (tertiary/aromatic N) is 1. The van der Waals surface area contributed by atoms with Gasteiger partial charge in [0, 0.05) is 52.0 Å². The van der Waals surface area contributed by atoms with Crippen molar-refractivity contribution in [2.24, 2.45) is 0 Å². The van der Waals surface area contributed by atoms with E-state index in [4.69, 9.17) is 16.3 Å². The van der Waals surface area contributed by atoms with Crippen LogP contribution in [0, 0.1) is 0 Å². The molecular formula is C38H32ClNO3. The molecule has 43 heavy (non-hydrogen) atoms. The number of ether oxygens (including phenoxy) is 1. The van der Waals surface area contributed by atoms with Gasteiger partial charge < -0.3 is 9.64 Å². The standard InChI is InChI=1S/C38H32ClNO3/c1-43-31-18-12-26(13-19-31)36-37-32(20-27(22-34(37)41)24-8-4-2-5-9-24)40(30-16-14-29(39)15-17-30)33-21-28(23-35(42)38(33)36)25-10-6-3-7-11-25/h2-19,27-28,36H,20-23H2,1H3. The highest BCUT2D eigenvalue weighted by Crippen LogP contribution is 2.54. The third kappa shape index (κ3) is 5.00. The van der Waals surface area contributed by atoms with Crippen LogP contribution in [0.4, 0.5) is 5.69 Å². The van der Waals surface area contributed by atoms with Crippen LogP contribution in [0.15, 0.2) is 132 Å². The quantitative estimate of drug-likeness (QED) is 0.235. The zero-order chi connectivity index (χ0) is 29.5. The Morgan fingerprint density at radius 3 is 1.56 bits per heavy atom. The minimum absolute atomic E-state index is 0.0464. The van der Waals surface area contributed by atoms with Crippen LogP contribution in [0.5, 0.6) is 5.75 Å². The number of carbonyl (C=O) groups is 2. The fraction of sp³-hybridized carbons (Fsp3) is 0.211. The third-order valence-electron chi connectivity index (χ3n) is 9.16. The Labute approximate surface area is 257 Å². The highest BCUT2D eigenvalue weighted by Gasteiger charge is 2.47. The second-order valence-corrected chi connectivity index (χ2v) is 12.1. The summed E-state index contributed by atoms with van der Waals surface area (Å²) in [5.41, 5.74) is 7.59. The zero-order valence-electron chi connectivity index (χ0n) is 24.0. The number of hydrogen-bond donors (Lipinski definition) is 0. The Bertz CT molecular complexity index is 1660. The summed E-state index contributed by atoms with van der Waals surface area (Å²) in [6.07, 6.45) is 2.21. The highest BCUT2D eigenvalue weighted by atomic mass is 35.5. The van der Waals surface area contributed by atoms with Crippen LogP contribution in [0.25, 0.3) is 0 Å². The first-order valence-electron chi connectivity index (χ1n) is 14.8. The van der Waals surface area contributed by atoms with Gasteiger partial charge in [-0.05, 0) is 77.8 Å². The average molecular weight is 586 g/mol. The number of hydrogen-bond acceptors (Lipinski definition) is 4. The topological polar surface area (TPSA) is 46.6 Å². The predicted octanol–water partition coefficient (Wildman–Crippen LogP) is 8.75. The summed E-state index contributed by atoms with van der Waals surface area (Å²) in [5, 5.41) is 0.643. The molecule has 0 saturated carbocycles. The summed E-state index contributed by atoms with van der Waals surface area (Å²) >= 11 is 6.35. The molecule has 1 heterocycles. The second kappa shape index (κ2) is 11.3. The van der Waals surface area contributed by atoms with Gasteiger partial charge in [-0.15, -0.1) is 0 Å². The number of ketones is 2. The first-order chi connectivity index (χ1) is 21.0. The molecule has 0 spiro atoms. The maximum atomic E-state index is 14.4. The van der Waals surface area contributed by atoms with Crippen LogP contribution in [0.2, 0.25) is 5.02 Å². The van der Waals surface area contributed by atoms with Crippen LogP contribution < -0.4 is 9.64 Å². The molecule has 1 aliphatic heterocycles. The van der Waals surface area contributed by atoms with Gasteiger partial charge >= 0.3 is 0 Å². The molecular weight excluding hydrogens is 554 g/mol. The van der Waals surface area contributed by atoms with Gasteiger partial charge in [-0.2, -0.15) is 0 Å². The molecule has 0 saturated heterocycles. The summed E-state index contributed by atoms with van der Waals surface area (Å²) < 4.78 is 5.45. The second-order valence-electron chi connectivity index (χ2n) is 11.6. The third-order valence-corrected chi connectivity index (χ3v) is 9.41. The molecule has 4 aromatic carbocycles. The lowest BCUT2D eigenvalue weighted by atomic mass is 9.66. The summed E-state index contributed by atoms with van der Waals surface area (Å²) in [6, 6.07) is 36.2. The van der Waals surface area contributed by atoms with Crippen molar-refractivity contribution in [3.63, 3.8) is 0 Å². The van der Waals surface area contributed by atoms with Crippen LogP contribution in [-0.2, 0) is 9.59 Å². The first-order valence-corrected chi connectivity index (χ1v) is 15.2. The number of carbonyl (C=O) groups excluding carboxylic acids is 2. The van der Waals surface area contributed by atoms with E-state index < -0.39 is 5.92 Å². The molecule has 5 heteroatoms. The minimum Gasteiger partial charge on any atom is -0.497 e. The van der Waals surface area contributed by atoms with E-state index >= 15 is 0 Å². The number of methoxy groups -OCH3 is 1. The molecule has 2 unspecified atom stereocenters. The number of allylic oxidation sites excluding steroid dienone is 4. The van der Waals surface area contributed by atoms with E-state index in [2.05, 4.69) is 29.2 Å². The fourth-order valence-corrected chi connectivity index (χ4v) is 7.29. The lowest BCUT2D eigenvalue weighted by molar-refractivity contribution is -0.117. The van der Waals surface area contributed by atoms with Gasteiger partial charge in [0.05, 0.1) is 7.11 Å². The minimum atomic E-state index is -0.423. The molecule has 0 radical (unpaired) electrons. The molecule has 0 aromatic heterocycles. The molecule has 4 nitrogen and oxygen atoms in total. The number of Topliss-reactive ketones (excluding diaryl/α,β-unsaturated/α-hetero) is 2. The highest BCUT2D eigenvalue weighted by molar-refractivity contribution is 6.30. The van der Waals surface area contributed by atoms with Crippen molar-refractivity contribution in [3.05, 3.63) is 153 Å². The van der Waals surface area contributed by atoms with E-state index in [9.17, 15) is 9.59 Å². The zero-order valence-corrected chi connectivity index (χ0v) is 24.8. The molecule has 4 aromatic rings. The number of rotatable bonds is 5. The number of anilines is 1. The van der Waals surface area contributed by atoms with Crippen molar-refractivity contribution in [3.8, 4) is 5.75 Å². The van der Waals surface area contributed by atoms with Crippen LogP contribution in [-0.4, -0.2) is 18.7 Å². The van der Waals surface area contributed by atoms with E-state index in [1.807, 2.05) is 84.9 Å². The van der Waals surface area contributed by atoms with Crippen LogP contribution >= 0.6 is 11.6 Å². The maximum Gasteiger partial charge on any atom is 0.162 e. The van der Waals surface area contributed by atoms with Gasteiger partial charge in [0.15, 0.2) is 11.6 Å². The van der Waals surface area contributed by atoms with Gasteiger partial charge in [0.2, 0.25) is 0 Å². The molecule has 214 valence electrons. The Morgan fingerprint density at radius 1 is 0.605 bits per heavy atom. The van der Waals surface area contributed by atoms with Crippen molar-refractivity contribution in [2.45, 2.75) is 43.4 Å². The first kappa shape index (κ1) is 27.4. The van der Waals surface area contributed by atoms with Crippen molar-refractivity contribution < 1.29 is 14.3 Å². The lowest BCUT2D eigenvalue weighted by Crippen LogP contribution is -2.41. The molecule has 0 amide bonds. The van der Waals surface area contributed by atoms with Gasteiger partial charge in [-0.1, -0.05) is 84.4 Å². The van der Waals surface area contributed by atoms with E-state index in [0.29, 0.717) is 30.7 Å². The van der Waals surface area contributed by atoms with Crippen molar-refractivity contribution in [1.29, 1.82) is 0 Å². The molecule has 0 N–H and O–H groups in total. The van der Waals surface area contributed by atoms with Gasteiger partial charge in [-0.3, -0.25) is 9.59 Å². The van der Waals surface area contributed by atoms with Crippen LogP contribution in [0.3, 0.4) is 0 Å². The van der Waals surface area contributed by atoms with E-state index in [1.165, 1.54) is 0 Å². The molecule has 7 rings (SSSR count). The maximum absolute atomic E-state index is 14.4. The monoisotopic (exact) mass is 585 g/mol. The Hall–Kier alpha value is -4.41. The fourth-order valence-electron chi connectivity index (χ4n) is 7.16. The molecule has 0 bridgehead atoms. The Kier molecular flexibility index (Phi) is 7.24. The van der Waals surface area contributed by atoms with Crippen molar-refractivity contribution >= 4 is 28.9 Å². The summed E-state index contributed by atoms with van der Waals surface area (Å²) in [7, 11) is 1.64. The smallest absolute Gasteiger partial charge is 0.162 e. The molecule has 0 fully saturated rings. The molecule has 2 aliphatic carbocycles. The normalized spacial score (nSPS) is 21.9. The number of halogens is 1. The van der Waals surface area contributed by atoms with Crippen molar-refractivity contribution in [2.75, 3.05) is 12.0 Å². The lowest BCUT2D eigenvalue weighted by Gasteiger charge is -2.46. The molecule has 3 aliphatic rings. The van der Waals surface area contributed by atoms with Crippen molar-refractivity contribution in [1.82, 2.24) is 0 Å². The van der Waals surface area contributed by atoms with E-state index in [1.54, 1.807) is 7.11 Å². The largest absolute Gasteiger partial charge is 0.497 e. The van der Waals surface area contributed by atoms with Crippen LogP contribution in [0.1, 0.15) is 60.1 Å². The van der Waals surface area contributed by atoms with Gasteiger partial charge in [0.25, 0.3) is 0 Å². The summed E-state index contributed by atoms with van der Waals surface area (Å²) in [4.78, 5) is 30.9. The average Bonchev–Trinajstić information content (AvgIpc) is 3.05. The Balaban J connectivity index is 1.45. The summed E-state index contributed by atoms with van der Waals surface area (Å²) in [5.74, 6) is 0.603. The Morgan fingerprint density at radius 2 is 1.09 bits per heavy atom. The van der Waals surface area contributed by atoms with E-state index in [0.717, 1.165) is 50.7 Å². The summed E-state index contributed by atoms with van der Waals surface area (Å²) in [6.45, 7) is 0. The molecule has 2 atom stereocenters. The predicted molar refractivity (Wildman–Crippen MR) is 171 cm³/mol. The number of benzene rings is 4. The van der Waals surface area contributed by atoms with Gasteiger partial charge in [-0.25, -0.2) is 0 Å². The SMILES string of the molecule is COc1ccc(C2C3=C(CC(c4ccccc4)CC3=O)N(c3ccc(Cl)cc3)C3=C2C(=O)CC(c2ccccc2)C3)cc1. The van der Waals surface area contributed by atoms with E-state index in [-0.39, 0.29) is 23.4 Å².